The van der Waals surface area contributed by atoms with Crippen LogP contribution in [-0.4, -0.2) is 27.7 Å². The number of hydrogen-bond donors (Lipinski definition) is 0. The number of benzene rings is 1. The number of epoxide rings is 1. The summed E-state index contributed by atoms with van der Waals surface area (Å²) in [6.45, 7) is 0.476. The first-order valence-electron chi connectivity index (χ1n) is 4.56. The van der Waals surface area contributed by atoms with Crippen LogP contribution in [0.4, 0.5) is 0 Å². The van der Waals surface area contributed by atoms with E-state index in [1.165, 1.54) is 6.07 Å². The van der Waals surface area contributed by atoms with Gasteiger partial charge in [-0.15, -0.1) is 0 Å². The van der Waals surface area contributed by atoms with Gasteiger partial charge >= 0.3 is 0 Å². The van der Waals surface area contributed by atoms with E-state index in [2.05, 4.69) is 0 Å². The van der Waals surface area contributed by atoms with Crippen molar-refractivity contribution in [3.63, 3.8) is 0 Å². The first-order valence-corrected chi connectivity index (χ1v) is 7.10. The van der Waals surface area contributed by atoms with Crippen LogP contribution in [0.3, 0.4) is 0 Å². The average Bonchev–Trinajstić information content (AvgIpc) is 3.04. The Morgan fingerprint density at radius 1 is 1.24 bits per heavy atom. The highest BCUT2D eigenvalue weighted by Crippen LogP contribution is 2.32. The van der Waals surface area contributed by atoms with Crippen LogP contribution in [0.15, 0.2) is 17.0 Å². The molecule has 1 unspecified atom stereocenters. The van der Waals surface area contributed by atoms with E-state index >= 15 is 0 Å². The fourth-order valence-electron chi connectivity index (χ4n) is 1.09. The van der Waals surface area contributed by atoms with Crippen molar-refractivity contribution in [1.82, 2.24) is 0 Å². The van der Waals surface area contributed by atoms with E-state index in [1.807, 2.05) is 0 Å². The molecule has 1 aromatic carbocycles. The Balaban J connectivity index is 2.27. The summed E-state index contributed by atoms with van der Waals surface area (Å²) < 4.78 is 33.2. The van der Waals surface area contributed by atoms with Gasteiger partial charge in [-0.1, -0.05) is 34.8 Å². The van der Waals surface area contributed by atoms with Crippen molar-refractivity contribution in [3.8, 4) is 0 Å². The standard InChI is InChI=1S/C9H7Cl3O4S/c10-6-1-8(12)9(2-7(6)11)17(13,14)16-4-5-3-15-5/h1-2,5H,3-4H2. The van der Waals surface area contributed by atoms with Gasteiger partial charge in [-0.2, -0.15) is 8.42 Å². The molecule has 2 rings (SSSR count). The Morgan fingerprint density at radius 3 is 2.41 bits per heavy atom. The van der Waals surface area contributed by atoms with Crippen molar-refractivity contribution in [2.75, 3.05) is 13.2 Å². The molecule has 94 valence electrons. The Kier molecular flexibility index (Phi) is 3.87. The van der Waals surface area contributed by atoms with E-state index in [0.717, 1.165) is 6.07 Å². The molecule has 0 amide bonds. The number of halogens is 3. The molecule has 0 saturated carbocycles. The zero-order valence-corrected chi connectivity index (χ0v) is 11.4. The van der Waals surface area contributed by atoms with Gasteiger partial charge in [-0.05, 0) is 12.1 Å². The highest BCUT2D eigenvalue weighted by atomic mass is 35.5. The topological polar surface area (TPSA) is 55.9 Å². The molecule has 1 aliphatic rings. The van der Waals surface area contributed by atoms with Gasteiger partial charge in [-0.3, -0.25) is 4.18 Å². The van der Waals surface area contributed by atoms with Crippen LogP contribution in [0.2, 0.25) is 15.1 Å². The van der Waals surface area contributed by atoms with Crippen molar-refractivity contribution >= 4 is 44.9 Å². The molecule has 0 aliphatic carbocycles. The van der Waals surface area contributed by atoms with E-state index in [9.17, 15) is 8.42 Å². The minimum atomic E-state index is -3.94. The number of hydrogen-bond acceptors (Lipinski definition) is 4. The van der Waals surface area contributed by atoms with Crippen LogP contribution >= 0.6 is 34.8 Å². The second-order valence-corrected chi connectivity index (χ2v) is 6.20. The van der Waals surface area contributed by atoms with E-state index in [1.54, 1.807) is 0 Å². The van der Waals surface area contributed by atoms with Gasteiger partial charge in [0.15, 0.2) is 0 Å². The summed E-state index contributed by atoms with van der Waals surface area (Å²) in [5, 5.41) is 0.248. The van der Waals surface area contributed by atoms with Gasteiger partial charge in [0, 0.05) is 0 Å². The van der Waals surface area contributed by atoms with Crippen LogP contribution in [-0.2, 0) is 19.0 Å². The Bertz CT molecular complexity index is 539. The predicted octanol–water partition coefficient (Wildman–Crippen LogP) is 2.75. The summed E-state index contributed by atoms with van der Waals surface area (Å²) in [5.74, 6) is 0. The average molecular weight is 318 g/mol. The summed E-state index contributed by atoms with van der Waals surface area (Å²) in [6.07, 6.45) is -0.161. The van der Waals surface area contributed by atoms with Crippen molar-refractivity contribution in [1.29, 1.82) is 0 Å². The lowest BCUT2D eigenvalue weighted by Crippen LogP contribution is -2.11. The minimum absolute atomic E-state index is 0.0289. The van der Waals surface area contributed by atoms with Crippen molar-refractivity contribution in [2.45, 2.75) is 11.0 Å². The number of rotatable bonds is 4. The zero-order valence-electron chi connectivity index (χ0n) is 8.32. The van der Waals surface area contributed by atoms with Crippen LogP contribution in [0.5, 0.6) is 0 Å². The zero-order chi connectivity index (χ0) is 12.6. The van der Waals surface area contributed by atoms with Gasteiger partial charge in [0.05, 0.1) is 28.3 Å². The Hall–Kier alpha value is -0.0400. The van der Waals surface area contributed by atoms with Crippen molar-refractivity contribution in [3.05, 3.63) is 27.2 Å². The number of ether oxygens (including phenoxy) is 1. The molecule has 1 aliphatic heterocycles. The van der Waals surface area contributed by atoms with Gasteiger partial charge < -0.3 is 4.74 Å². The molecule has 1 saturated heterocycles. The lowest BCUT2D eigenvalue weighted by Gasteiger charge is -2.07. The van der Waals surface area contributed by atoms with Crippen LogP contribution in [0.1, 0.15) is 0 Å². The molecule has 1 fully saturated rings. The second-order valence-electron chi connectivity index (χ2n) is 3.39. The first kappa shape index (κ1) is 13.4. The van der Waals surface area contributed by atoms with Crippen LogP contribution < -0.4 is 0 Å². The fraction of sp³-hybridized carbons (Fsp3) is 0.333. The first-order chi connectivity index (χ1) is 7.90. The second kappa shape index (κ2) is 4.91. The Morgan fingerprint density at radius 2 is 1.82 bits per heavy atom. The summed E-state index contributed by atoms with van der Waals surface area (Å²) in [5.41, 5.74) is 0. The molecule has 17 heavy (non-hydrogen) atoms. The SMILES string of the molecule is O=S(=O)(OCC1CO1)c1cc(Cl)c(Cl)cc1Cl. The third kappa shape index (κ3) is 3.24. The highest BCUT2D eigenvalue weighted by Gasteiger charge is 2.28. The van der Waals surface area contributed by atoms with Crippen LogP contribution in [0, 0.1) is 0 Å². The third-order valence-electron chi connectivity index (χ3n) is 2.06. The molecule has 1 heterocycles. The molecule has 0 radical (unpaired) electrons. The van der Waals surface area contributed by atoms with Gasteiger partial charge in [-0.25, -0.2) is 0 Å². The minimum Gasteiger partial charge on any atom is -0.371 e. The maximum atomic E-state index is 11.8. The van der Waals surface area contributed by atoms with Gasteiger partial charge in [0.25, 0.3) is 10.1 Å². The molecule has 1 aromatic rings. The summed E-state index contributed by atoms with van der Waals surface area (Å²) in [6, 6.07) is 2.42. The highest BCUT2D eigenvalue weighted by molar-refractivity contribution is 7.86. The molecule has 0 bridgehead atoms. The monoisotopic (exact) mass is 316 g/mol. The van der Waals surface area contributed by atoms with Gasteiger partial charge in [0.2, 0.25) is 0 Å². The molecular weight excluding hydrogens is 311 g/mol. The summed E-state index contributed by atoms with van der Waals surface area (Å²) >= 11 is 17.2. The molecule has 0 N–H and O–H groups in total. The van der Waals surface area contributed by atoms with E-state index in [4.69, 9.17) is 43.7 Å². The maximum absolute atomic E-state index is 11.8. The smallest absolute Gasteiger partial charge is 0.298 e. The molecule has 1 atom stereocenters. The molecule has 0 aromatic heterocycles. The predicted molar refractivity (Wildman–Crippen MR) is 64.3 cm³/mol. The quantitative estimate of drug-likeness (QED) is 0.487. The fourth-order valence-corrected chi connectivity index (χ4v) is 3.00. The summed E-state index contributed by atoms with van der Waals surface area (Å²) in [4.78, 5) is -0.200. The van der Waals surface area contributed by atoms with Crippen molar-refractivity contribution < 1.29 is 17.3 Å². The largest absolute Gasteiger partial charge is 0.371 e. The van der Waals surface area contributed by atoms with E-state index in [-0.39, 0.29) is 32.7 Å². The molecule has 4 nitrogen and oxygen atoms in total. The Labute approximate surface area is 113 Å². The van der Waals surface area contributed by atoms with Crippen molar-refractivity contribution in [2.24, 2.45) is 0 Å². The summed E-state index contributed by atoms with van der Waals surface area (Å²) in [7, 11) is -3.94. The lowest BCUT2D eigenvalue weighted by atomic mass is 10.4. The van der Waals surface area contributed by atoms with Crippen LogP contribution in [0.25, 0.3) is 0 Å². The van der Waals surface area contributed by atoms with E-state index in [0.29, 0.717) is 6.61 Å². The molecule has 8 heteroatoms. The molecular formula is C9H7Cl3O4S. The maximum Gasteiger partial charge on any atom is 0.298 e. The normalized spacial score (nSPS) is 19.4. The molecule has 0 spiro atoms. The van der Waals surface area contributed by atoms with E-state index < -0.39 is 10.1 Å². The lowest BCUT2D eigenvalue weighted by molar-refractivity contribution is 0.266. The third-order valence-corrected chi connectivity index (χ3v) is 4.53. The van der Waals surface area contributed by atoms with Gasteiger partial charge in [0.1, 0.15) is 11.0 Å².